The Hall–Kier alpha value is -1.92. The van der Waals surface area contributed by atoms with E-state index in [1.54, 1.807) is 18.7 Å². The standard InChI is InChI=1S/C15H20F3N3O5S/c1-10-8-19(9-11(2)22)5-6-20(10)13-4-3-12(7-14(13)21(23)24)27(25,26)15(16,17)18/h3-4,7,10-11,22H,5-6,8-9H2,1-2H3. The molecular formula is C15H20F3N3O5S. The van der Waals surface area contributed by atoms with Crippen LogP contribution in [-0.4, -0.2) is 67.2 Å². The van der Waals surface area contributed by atoms with Crippen LogP contribution in [0.15, 0.2) is 23.1 Å². The zero-order valence-electron chi connectivity index (χ0n) is 14.7. The second-order valence-corrected chi connectivity index (χ2v) is 8.45. The largest absolute Gasteiger partial charge is 0.501 e. The summed E-state index contributed by atoms with van der Waals surface area (Å²) >= 11 is 0. The minimum Gasteiger partial charge on any atom is -0.392 e. The molecule has 0 aromatic heterocycles. The molecule has 0 amide bonds. The van der Waals surface area contributed by atoms with Crippen LogP contribution in [0.25, 0.3) is 0 Å². The number of alkyl halides is 3. The smallest absolute Gasteiger partial charge is 0.392 e. The number of rotatable bonds is 5. The number of hydrogen-bond donors (Lipinski definition) is 1. The lowest BCUT2D eigenvalue weighted by Gasteiger charge is -2.41. The van der Waals surface area contributed by atoms with Gasteiger partial charge in [0.15, 0.2) is 0 Å². The Balaban J connectivity index is 2.37. The molecular weight excluding hydrogens is 391 g/mol. The van der Waals surface area contributed by atoms with Crippen LogP contribution in [0, 0.1) is 10.1 Å². The molecule has 1 aromatic carbocycles. The maximum absolute atomic E-state index is 12.7. The topological polar surface area (TPSA) is 104 Å². The van der Waals surface area contributed by atoms with Gasteiger partial charge in [-0.1, -0.05) is 0 Å². The van der Waals surface area contributed by atoms with Gasteiger partial charge in [-0.05, 0) is 26.0 Å². The van der Waals surface area contributed by atoms with Gasteiger partial charge < -0.3 is 10.0 Å². The number of halogens is 3. The summed E-state index contributed by atoms with van der Waals surface area (Å²) in [6.07, 6.45) is -0.537. The van der Waals surface area contributed by atoms with Crippen molar-refractivity contribution in [1.29, 1.82) is 0 Å². The monoisotopic (exact) mass is 411 g/mol. The second-order valence-electron chi connectivity index (χ2n) is 6.51. The van der Waals surface area contributed by atoms with E-state index in [9.17, 15) is 36.8 Å². The van der Waals surface area contributed by atoms with Gasteiger partial charge in [0.05, 0.1) is 15.9 Å². The Bertz CT molecular complexity index is 813. The van der Waals surface area contributed by atoms with Crippen molar-refractivity contribution in [3.8, 4) is 0 Å². The summed E-state index contributed by atoms with van der Waals surface area (Å²) in [5.74, 6) is 0. The van der Waals surface area contributed by atoms with Crippen molar-refractivity contribution in [1.82, 2.24) is 4.90 Å². The van der Waals surface area contributed by atoms with Crippen molar-refractivity contribution in [2.24, 2.45) is 0 Å². The fourth-order valence-corrected chi connectivity index (χ4v) is 3.90. The van der Waals surface area contributed by atoms with Crippen molar-refractivity contribution in [2.45, 2.75) is 36.4 Å². The van der Waals surface area contributed by atoms with Gasteiger partial charge in [-0.3, -0.25) is 15.0 Å². The lowest BCUT2D eigenvalue weighted by atomic mass is 10.1. The number of benzene rings is 1. The minimum atomic E-state index is -5.67. The van der Waals surface area contributed by atoms with Crippen LogP contribution < -0.4 is 4.90 Å². The highest BCUT2D eigenvalue weighted by Gasteiger charge is 2.47. The van der Waals surface area contributed by atoms with E-state index in [1.165, 1.54) is 0 Å². The molecule has 1 aromatic rings. The molecule has 8 nitrogen and oxygen atoms in total. The van der Waals surface area contributed by atoms with Gasteiger partial charge >= 0.3 is 5.51 Å². The van der Waals surface area contributed by atoms with E-state index in [2.05, 4.69) is 0 Å². The third kappa shape index (κ3) is 4.50. The number of anilines is 1. The number of hydrogen-bond acceptors (Lipinski definition) is 7. The first kappa shape index (κ1) is 21.4. The number of β-amino-alcohol motifs (C(OH)–C–C–N with tert-alkyl or cyclic N) is 1. The van der Waals surface area contributed by atoms with Crippen molar-refractivity contribution in [2.75, 3.05) is 31.1 Å². The minimum absolute atomic E-state index is 0.0605. The number of nitrogens with zero attached hydrogens (tertiary/aromatic N) is 3. The Labute approximate surface area is 154 Å². The number of aliphatic hydroxyl groups is 1. The van der Waals surface area contributed by atoms with Crippen LogP contribution in [0.2, 0.25) is 0 Å². The number of piperazine rings is 1. The molecule has 27 heavy (non-hydrogen) atoms. The lowest BCUT2D eigenvalue weighted by molar-refractivity contribution is -0.384. The van der Waals surface area contributed by atoms with Crippen LogP contribution in [-0.2, 0) is 9.84 Å². The number of sulfone groups is 1. The molecule has 0 bridgehead atoms. The highest BCUT2D eigenvalue weighted by Crippen LogP contribution is 2.37. The average molecular weight is 411 g/mol. The quantitative estimate of drug-likeness (QED) is 0.582. The summed E-state index contributed by atoms with van der Waals surface area (Å²) in [6.45, 7) is 5.20. The van der Waals surface area contributed by atoms with Crippen LogP contribution >= 0.6 is 0 Å². The number of nitro benzene ring substituents is 1. The highest BCUT2D eigenvalue weighted by molar-refractivity contribution is 7.92. The fraction of sp³-hybridized carbons (Fsp3) is 0.600. The number of aliphatic hydroxyl groups excluding tert-OH is 1. The van der Waals surface area contributed by atoms with E-state index in [1.807, 2.05) is 4.90 Å². The molecule has 152 valence electrons. The second kappa shape index (κ2) is 7.60. The lowest BCUT2D eigenvalue weighted by Crippen LogP contribution is -2.53. The molecule has 0 spiro atoms. The van der Waals surface area contributed by atoms with Crippen LogP contribution in [0.4, 0.5) is 24.5 Å². The van der Waals surface area contributed by atoms with Gasteiger partial charge in [0.2, 0.25) is 0 Å². The van der Waals surface area contributed by atoms with E-state index in [0.717, 1.165) is 12.1 Å². The zero-order chi connectivity index (χ0) is 20.6. The van der Waals surface area contributed by atoms with E-state index < -0.39 is 37.0 Å². The maximum Gasteiger partial charge on any atom is 0.501 e. The summed E-state index contributed by atoms with van der Waals surface area (Å²) in [6, 6.07) is 2.01. The molecule has 1 aliphatic heterocycles. The molecule has 0 aliphatic carbocycles. The van der Waals surface area contributed by atoms with E-state index >= 15 is 0 Å². The van der Waals surface area contributed by atoms with Crippen LogP contribution in [0.3, 0.4) is 0 Å². The van der Waals surface area contributed by atoms with E-state index in [-0.39, 0.29) is 11.7 Å². The molecule has 0 radical (unpaired) electrons. The van der Waals surface area contributed by atoms with Crippen molar-refractivity contribution in [3.05, 3.63) is 28.3 Å². The Morgan fingerprint density at radius 1 is 1.37 bits per heavy atom. The molecule has 0 saturated carbocycles. The third-order valence-electron chi connectivity index (χ3n) is 4.30. The first-order chi connectivity index (χ1) is 12.3. The third-order valence-corrected chi connectivity index (χ3v) is 5.79. The maximum atomic E-state index is 12.7. The molecule has 1 heterocycles. The highest BCUT2D eigenvalue weighted by atomic mass is 32.2. The predicted molar refractivity (Wildman–Crippen MR) is 91.3 cm³/mol. The first-order valence-corrected chi connectivity index (χ1v) is 9.59. The normalized spacial score (nSPS) is 20.5. The van der Waals surface area contributed by atoms with Crippen LogP contribution in [0.1, 0.15) is 13.8 Å². The molecule has 1 fully saturated rings. The Morgan fingerprint density at radius 3 is 2.48 bits per heavy atom. The summed E-state index contributed by atoms with van der Waals surface area (Å²) in [5.41, 5.74) is -6.18. The Kier molecular flexibility index (Phi) is 6.02. The summed E-state index contributed by atoms with van der Waals surface area (Å²) in [7, 11) is -5.67. The molecule has 1 N–H and O–H groups in total. The van der Waals surface area contributed by atoms with Crippen molar-refractivity contribution in [3.63, 3.8) is 0 Å². The fourth-order valence-electron chi connectivity index (χ4n) is 3.12. The summed E-state index contributed by atoms with van der Waals surface area (Å²) < 4.78 is 61.2. The van der Waals surface area contributed by atoms with Crippen LogP contribution in [0.5, 0.6) is 0 Å². The van der Waals surface area contributed by atoms with Gasteiger partial charge in [0, 0.05) is 38.3 Å². The van der Waals surface area contributed by atoms with Crippen molar-refractivity contribution >= 4 is 21.2 Å². The molecule has 2 rings (SSSR count). The number of nitro groups is 1. The zero-order valence-corrected chi connectivity index (χ0v) is 15.5. The molecule has 12 heteroatoms. The Morgan fingerprint density at radius 2 is 2.00 bits per heavy atom. The molecule has 2 atom stereocenters. The van der Waals surface area contributed by atoms with E-state index in [4.69, 9.17) is 0 Å². The SMILES string of the molecule is CC(O)CN1CCN(c2ccc(S(=O)(=O)C(F)(F)F)cc2[N+](=O)[O-])C(C)C1. The molecule has 1 saturated heterocycles. The van der Waals surface area contributed by atoms with Gasteiger partial charge in [-0.2, -0.15) is 13.2 Å². The first-order valence-electron chi connectivity index (χ1n) is 8.11. The predicted octanol–water partition coefficient (Wildman–Crippen LogP) is 1.78. The van der Waals surface area contributed by atoms with E-state index in [0.29, 0.717) is 32.2 Å². The summed E-state index contributed by atoms with van der Waals surface area (Å²) in [4.78, 5) is 12.9. The summed E-state index contributed by atoms with van der Waals surface area (Å²) in [5, 5.41) is 20.8. The molecule has 1 aliphatic rings. The average Bonchev–Trinajstić information content (AvgIpc) is 2.52. The molecule has 2 unspecified atom stereocenters. The van der Waals surface area contributed by atoms with Gasteiger partial charge in [-0.15, -0.1) is 0 Å². The van der Waals surface area contributed by atoms with Gasteiger partial charge in [-0.25, -0.2) is 8.42 Å². The van der Waals surface area contributed by atoms with Gasteiger partial charge in [0.1, 0.15) is 5.69 Å². The van der Waals surface area contributed by atoms with Gasteiger partial charge in [0.25, 0.3) is 15.5 Å². The van der Waals surface area contributed by atoms with Crippen molar-refractivity contribution < 1.29 is 31.6 Å².